The number of sulfone groups is 2. The van der Waals surface area contributed by atoms with Gasteiger partial charge in [-0.15, -0.1) is 0 Å². The van der Waals surface area contributed by atoms with Gasteiger partial charge in [0.25, 0.3) is 19.7 Å². The summed E-state index contributed by atoms with van der Waals surface area (Å²) in [6.07, 6.45) is -1.71. The van der Waals surface area contributed by atoms with Crippen LogP contribution >= 0.6 is 0 Å². The fraction of sp³-hybridized carbons (Fsp3) is 0.455. The second-order valence-corrected chi connectivity index (χ2v) is 9.29. The Morgan fingerprint density at radius 1 is 0.958 bits per heavy atom. The molecule has 24 heavy (non-hydrogen) atoms. The molecule has 0 amide bonds. The smallest absolute Gasteiger partial charge is 0.498 e. The fourth-order valence-corrected chi connectivity index (χ4v) is 5.12. The molecule has 13 heteroatoms. The first-order chi connectivity index (χ1) is 10.5. The minimum Gasteiger partial charge on any atom is -0.508 e. The molecule has 1 N–H and O–H groups in total. The Kier molecular flexibility index (Phi) is 5.22. The van der Waals surface area contributed by atoms with Crippen molar-refractivity contribution in [1.29, 1.82) is 0 Å². The summed E-state index contributed by atoms with van der Waals surface area (Å²) in [5.74, 6) is -0.833. The van der Waals surface area contributed by atoms with Gasteiger partial charge in [-0.1, -0.05) is 17.7 Å². The van der Waals surface area contributed by atoms with Crippen LogP contribution in [0.4, 0.5) is 26.3 Å². The van der Waals surface area contributed by atoms with Crippen LogP contribution in [0.3, 0.4) is 0 Å². The summed E-state index contributed by atoms with van der Waals surface area (Å²) in [5.41, 5.74) is -12.9. The van der Waals surface area contributed by atoms with Gasteiger partial charge in [0.1, 0.15) is 5.75 Å². The average Bonchev–Trinajstić information content (AvgIpc) is 2.36. The molecule has 0 radical (unpaired) electrons. The maximum Gasteiger partial charge on any atom is 0.498 e. The molecule has 0 aliphatic carbocycles. The molecule has 0 aliphatic heterocycles. The predicted molar refractivity (Wildman–Crippen MR) is 70.3 cm³/mol. The molecule has 0 atom stereocenters. The van der Waals surface area contributed by atoms with Crippen molar-refractivity contribution in [3.8, 4) is 5.75 Å². The predicted octanol–water partition coefficient (Wildman–Crippen LogP) is 2.44. The Hall–Kier alpha value is -1.50. The zero-order valence-electron chi connectivity index (χ0n) is 11.7. The molecule has 0 heterocycles. The van der Waals surface area contributed by atoms with E-state index in [9.17, 15) is 48.3 Å². The molecule has 0 unspecified atom stereocenters. The maximum absolute atomic E-state index is 12.6. The van der Waals surface area contributed by atoms with Crippen LogP contribution < -0.4 is 0 Å². The lowest BCUT2D eigenvalue weighted by Gasteiger charge is -2.21. The molecule has 1 aromatic rings. The molecule has 0 saturated heterocycles. The topological polar surface area (TPSA) is 88.5 Å². The van der Waals surface area contributed by atoms with Crippen molar-refractivity contribution >= 4 is 19.7 Å². The summed E-state index contributed by atoms with van der Waals surface area (Å²) in [6.45, 7) is 1.36. The van der Waals surface area contributed by atoms with Crippen LogP contribution in [-0.2, 0) is 26.1 Å². The van der Waals surface area contributed by atoms with Crippen molar-refractivity contribution < 1.29 is 48.3 Å². The van der Waals surface area contributed by atoms with E-state index in [2.05, 4.69) is 0 Å². The van der Waals surface area contributed by atoms with Gasteiger partial charge in [0.2, 0.25) is 0 Å². The molecule has 5 nitrogen and oxygen atoms in total. The van der Waals surface area contributed by atoms with Gasteiger partial charge in [-0.25, -0.2) is 16.8 Å². The number of aromatic hydroxyl groups is 1. The summed E-state index contributed by atoms with van der Waals surface area (Å²) in [4.78, 5) is 0. The lowest BCUT2D eigenvalue weighted by Crippen LogP contribution is -2.46. The third kappa shape index (κ3) is 3.77. The Morgan fingerprint density at radius 3 is 1.75 bits per heavy atom. The first-order valence-corrected chi connectivity index (χ1v) is 9.00. The summed E-state index contributed by atoms with van der Waals surface area (Å²) >= 11 is 0. The van der Waals surface area contributed by atoms with Crippen LogP contribution in [0.15, 0.2) is 18.2 Å². The Labute approximate surface area is 132 Å². The van der Waals surface area contributed by atoms with Crippen LogP contribution in [0.25, 0.3) is 0 Å². The standard InChI is InChI=1S/C11H10F6O5S2/c1-6-2-3-8(18)7(4-6)5-9(23(19,20)10(12,13)14)24(21,22)11(15,16)17/h2-4,9,18H,5H2,1H3. The van der Waals surface area contributed by atoms with E-state index < -0.39 is 53.0 Å². The lowest BCUT2D eigenvalue weighted by atomic mass is 10.1. The second kappa shape index (κ2) is 6.10. The van der Waals surface area contributed by atoms with Gasteiger partial charge in [0.15, 0.2) is 4.58 Å². The monoisotopic (exact) mass is 400 g/mol. The van der Waals surface area contributed by atoms with Gasteiger partial charge in [-0.2, -0.15) is 26.3 Å². The van der Waals surface area contributed by atoms with Gasteiger partial charge in [0, 0.05) is 6.42 Å². The molecule has 1 aromatic carbocycles. The van der Waals surface area contributed by atoms with E-state index in [0.29, 0.717) is 0 Å². The molecule has 0 aliphatic rings. The van der Waals surface area contributed by atoms with Crippen LogP contribution in [0.5, 0.6) is 5.75 Å². The number of hydrogen-bond acceptors (Lipinski definition) is 5. The van der Waals surface area contributed by atoms with E-state index in [-0.39, 0.29) is 5.56 Å². The van der Waals surface area contributed by atoms with Crippen LogP contribution in [-0.4, -0.2) is 37.5 Å². The van der Waals surface area contributed by atoms with Crippen molar-refractivity contribution in [1.82, 2.24) is 0 Å². The molecule has 0 fully saturated rings. The van der Waals surface area contributed by atoms with Crippen molar-refractivity contribution in [2.75, 3.05) is 0 Å². The summed E-state index contributed by atoms with van der Waals surface area (Å²) < 4.78 is 117. The molecule has 0 spiro atoms. The molecule has 1 rings (SSSR count). The quantitative estimate of drug-likeness (QED) is 0.785. The molecule has 0 bridgehead atoms. The highest BCUT2D eigenvalue weighted by Gasteiger charge is 2.62. The van der Waals surface area contributed by atoms with E-state index >= 15 is 0 Å². The largest absolute Gasteiger partial charge is 0.508 e. The summed E-state index contributed by atoms with van der Waals surface area (Å²) in [6, 6.07) is 3.02. The van der Waals surface area contributed by atoms with Crippen molar-refractivity contribution in [3.63, 3.8) is 0 Å². The fourth-order valence-electron chi connectivity index (χ4n) is 1.74. The second-order valence-electron chi connectivity index (χ2n) is 4.75. The Balaban J connectivity index is 3.61. The highest BCUT2D eigenvalue weighted by molar-refractivity contribution is 8.09. The molecular weight excluding hydrogens is 390 g/mol. The van der Waals surface area contributed by atoms with Gasteiger partial charge < -0.3 is 5.11 Å². The Bertz CT molecular complexity index is 779. The number of benzene rings is 1. The van der Waals surface area contributed by atoms with Gasteiger partial charge in [0.05, 0.1) is 0 Å². The number of phenolic OH excluding ortho intramolecular Hbond substituents is 1. The van der Waals surface area contributed by atoms with E-state index in [4.69, 9.17) is 0 Å². The van der Waals surface area contributed by atoms with Crippen molar-refractivity contribution in [2.24, 2.45) is 0 Å². The van der Waals surface area contributed by atoms with Gasteiger partial charge in [-0.3, -0.25) is 0 Å². The van der Waals surface area contributed by atoms with E-state index in [0.717, 1.165) is 12.1 Å². The lowest BCUT2D eigenvalue weighted by molar-refractivity contribution is -0.0471. The number of alkyl halides is 6. The third-order valence-electron chi connectivity index (χ3n) is 2.96. The number of hydrogen-bond donors (Lipinski definition) is 1. The SMILES string of the molecule is Cc1ccc(O)c(CC(S(=O)(=O)C(F)(F)F)S(=O)(=O)C(F)(F)F)c1. The number of phenols is 1. The van der Waals surface area contributed by atoms with E-state index in [1.165, 1.54) is 13.0 Å². The first-order valence-electron chi connectivity index (χ1n) is 5.90. The first kappa shape index (κ1) is 20.5. The zero-order valence-corrected chi connectivity index (χ0v) is 13.3. The minimum absolute atomic E-state index is 0.260. The number of rotatable bonds is 4. The number of halogens is 6. The molecule has 138 valence electrons. The van der Waals surface area contributed by atoms with Crippen LogP contribution in [0.1, 0.15) is 11.1 Å². The van der Waals surface area contributed by atoms with Crippen molar-refractivity contribution in [2.45, 2.75) is 28.9 Å². The zero-order chi connectivity index (χ0) is 19.1. The number of aryl methyl sites for hydroxylation is 1. The highest BCUT2D eigenvalue weighted by atomic mass is 32.3. The normalized spacial score (nSPS) is 14.2. The van der Waals surface area contributed by atoms with Crippen molar-refractivity contribution in [3.05, 3.63) is 29.3 Å². The minimum atomic E-state index is -6.73. The third-order valence-corrected chi connectivity index (χ3v) is 7.49. The maximum atomic E-state index is 12.6. The molecule has 0 aromatic heterocycles. The Morgan fingerprint density at radius 2 is 1.38 bits per heavy atom. The molecule has 0 saturated carbocycles. The van der Waals surface area contributed by atoms with Gasteiger partial charge >= 0.3 is 11.0 Å². The molecular formula is C11H10F6O5S2. The highest BCUT2D eigenvalue weighted by Crippen LogP contribution is 2.38. The van der Waals surface area contributed by atoms with Gasteiger partial charge in [-0.05, 0) is 18.6 Å². The average molecular weight is 400 g/mol. The van der Waals surface area contributed by atoms with Crippen LogP contribution in [0, 0.1) is 6.92 Å². The van der Waals surface area contributed by atoms with E-state index in [1.54, 1.807) is 0 Å². The summed E-state index contributed by atoms with van der Waals surface area (Å²) in [7, 11) is -13.5. The van der Waals surface area contributed by atoms with E-state index in [1.807, 2.05) is 0 Å². The van der Waals surface area contributed by atoms with Crippen LogP contribution in [0.2, 0.25) is 0 Å². The summed E-state index contributed by atoms with van der Waals surface area (Å²) in [5, 5.41) is 9.47.